The van der Waals surface area contributed by atoms with Crippen LogP contribution in [0.3, 0.4) is 0 Å². The molecule has 1 fully saturated rings. The number of thiazole rings is 1. The lowest BCUT2D eigenvalue weighted by Gasteiger charge is -2.22. The quantitative estimate of drug-likeness (QED) is 0.871. The number of nitrogens with zero attached hydrogens (tertiary/aromatic N) is 1. The van der Waals surface area contributed by atoms with Gasteiger partial charge >= 0.3 is 0 Å². The Hall–Kier alpha value is -0.660. The highest BCUT2D eigenvalue weighted by Gasteiger charge is 2.27. The van der Waals surface area contributed by atoms with Crippen LogP contribution in [0.1, 0.15) is 23.4 Å². The number of anilines is 1. The molecule has 1 aromatic heterocycles. The fraction of sp³-hybridized carbons (Fsp3) is 0.700. The van der Waals surface area contributed by atoms with Crippen molar-refractivity contribution in [1.29, 1.82) is 0 Å². The first kappa shape index (κ1) is 12.8. The van der Waals surface area contributed by atoms with Gasteiger partial charge in [0.15, 0.2) is 5.13 Å². The third-order valence-corrected chi connectivity index (χ3v) is 5.93. The molecule has 2 rings (SSSR count). The molecule has 0 radical (unpaired) electrons. The van der Waals surface area contributed by atoms with Gasteiger partial charge in [-0.15, -0.1) is 11.3 Å². The van der Waals surface area contributed by atoms with Gasteiger partial charge in [0, 0.05) is 4.88 Å². The fourth-order valence-electron chi connectivity index (χ4n) is 1.83. The molecule has 1 saturated heterocycles. The van der Waals surface area contributed by atoms with Crippen LogP contribution in [0.25, 0.3) is 0 Å². The zero-order valence-electron chi connectivity index (χ0n) is 9.99. The summed E-state index contributed by atoms with van der Waals surface area (Å²) in [6, 6.07) is 0. The summed E-state index contributed by atoms with van der Waals surface area (Å²) in [7, 11) is -3.28. The van der Waals surface area contributed by atoms with E-state index in [-0.39, 0.29) is 5.25 Å². The van der Waals surface area contributed by atoms with Crippen LogP contribution in [-0.2, 0) is 10.0 Å². The molecular formula is C10H17N3O2S2. The lowest BCUT2D eigenvalue weighted by Crippen LogP contribution is -2.38. The van der Waals surface area contributed by atoms with Gasteiger partial charge in [0.2, 0.25) is 10.0 Å². The molecule has 96 valence electrons. The number of rotatable bonds is 3. The summed E-state index contributed by atoms with van der Waals surface area (Å²) >= 11 is 1.39. The van der Waals surface area contributed by atoms with E-state index < -0.39 is 10.0 Å². The first-order chi connectivity index (χ1) is 7.99. The van der Waals surface area contributed by atoms with Crippen LogP contribution in [-0.4, -0.2) is 31.7 Å². The molecule has 2 N–H and O–H groups in total. The van der Waals surface area contributed by atoms with Crippen LogP contribution in [0.5, 0.6) is 0 Å². The molecule has 7 heteroatoms. The van der Waals surface area contributed by atoms with Crippen molar-refractivity contribution in [3.05, 3.63) is 10.6 Å². The summed E-state index contributed by atoms with van der Waals surface area (Å²) in [4.78, 5) is 5.25. The first-order valence-electron chi connectivity index (χ1n) is 5.65. The minimum Gasteiger partial charge on any atom is -0.317 e. The Morgan fingerprint density at radius 3 is 2.53 bits per heavy atom. The Bertz CT molecular complexity index is 470. The fourth-order valence-corrected chi connectivity index (χ4v) is 4.32. The first-order valence-corrected chi connectivity index (χ1v) is 8.02. The highest BCUT2D eigenvalue weighted by Crippen LogP contribution is 2.24. The van der Waals surface area contributed by atoms with Gasteiger partial charge in [0.05, 0.1) is 10.9 Å². The summed E-state index contributed by atoms with van der Waals surface area (Å²) in [6.07, 6.45) is 1.33. The van der Waals surface area contributed by atoms with Gasteiger partial charge in [0.1, 0.15) is 0 Å². The largest absolute Gasteiger partial charge is 0.317 e. The molecule has 1 aliphatic rings. The summed E-state index contributed by atoms with van der Waals surface area (Å²) in [5, 5.41) is 3.35. The van der Waals surface area contributed by atoms with Gasteiger partial charge in [-0.2, -0.15) is 0 Å². The molecule has 17 heavy (non-hydrogen) atoms. The van der Waals surface area contributed by atoms with E-state index in [1.54, 1.807) is 0 Å². The smallest absolute Gasteiger partial charge is 0.237 e. The Morgan fingerprint density at radius 1 is 1.35 bits per heavy atom. The number of aromatic nitrogens is 1. The molecule has 2 heterocycles. The van der Waals surface area contributed by atoms with Crippen molar-refractivity contribution < 1.29 is 8.42 Å². The molecule has 0 amide bonds. The van der Waals surface area contributed by atoms with Crippen molar-refractivity contribution in [2.75, 3.05) is 17.8 Å². The molecule has 1 aliphatic heterocycles. The minimum absolute atomic E-state index is 0.298. The van der Waals surface area contributed by atoms with E-state index in [1.165, 1.54) is 11.3 Å². The summed E-state index contributed by atoms with van der Waals surface area (Å²) in [6.45, 7) is 5.35. The predicted molar refractivity (Wildman–Crippen MR) is 70.0 cm³/mol. The maximum atomic E-state index is 12.1. The van der Waals surface area contributed by atoms with Crippen molar-refractivity contribution in [3.63, 3.8) is 0 Å². The van der Waals surface area contributed by atoms with Gasteiger partial charge in [0.25, 0.3) is 0 Å². The molecule has 0 aliphatic carbocycles. The normalized spacial score (nSPS) is 18.2. The molecule has 0 bridgehead atoms. The number of hydrogen-bond donors (Lipinski definition) is 2. The standard InChI is InChI=1S/C10H17N3O2S2/c1-7-8(2)16-10(12-7)13-17(14,15)9-3-5-11-6-4-9/h9,11H,3-6H2,1-2H3,(H,12,13). The van der Waals surface area contributed by atoms with Crippen LogP contribution in [0.15, 0.2) is 0 Å². The Kier molecular flexibility index (Phi) is 3.70. The zero-order chi connectivity index (χ0) is 12.5. The van der Waals surface area contributed by atoms with E-state index in [9.17, 15) is 8.42 Å². The average Bonchev–Trinajstić information content (AvgIpc) is 2.58. The van der Waals surface area contributed by atoms with Crippen LogP contribution in [0.2, 0.25) is 0 Å². The van der Waals surface area contributed by atoms with Crippen LogP contribution < -0.4 is 10.0 Å². The monoisotopic (exact) mass is 275 g/mol. The highest BCUT2D eigenvalue weighted by molar-refractivity contribution is 7.93. The molecular weight excluding hydrogens is 258 g/mol. The lowest BCUT2D eigenvalue weighted by atomic mass is 10.2. The van der Waals surface area contributed by atoms with Crippen LogP contribution >= 0.6 is 11.3 Å². The summed E-state index contributed by atoms with van der Waals surface area (Å²) in [5.41, 5.74) is 0.887. The van der Waals surface area contributed by atoms with E-state index in [0.29, 0.717) is 18.0 Å². The predicted octanol–water partition coefficient (Wildman–Crippen LogP) is 1.25. The van der Waals surface area contributed by atoms with Crippen molar-refractivity contribution in [2.24, 2.45) is 0 Å². The van der Waals surface area contributed by atoms with Gasteiger partial charge in [-0.25, -0.2) is 13.4 Å². The van der Waals surface area contributed by atoms with E-state index in [0.717, 1.165) is 23.7 Å². The third kappa shape index (κ3) is 2.97. The molecule has 0 spiro atoms. The maximum absolute atomic E-state index is 12.1. The lowest BCUT2D eigenvalue weighted by molar-refractivity contribution is 0.499. The number of sulfonamides is 1. The van der Waals surface area contributed by atoms with Gasteiger partial charge in [-0.1, -0.05) is 0 Å². The van der Waals surface area contributed by atoms with Crippen LogP contribution in [0, 0.1) is 13.8 Å². The van der Waals surface area contributed by atoms with E-state index in [1.807, 2.05) is 13.8 Å². The van der Waals surface area contributed by atoms with Crippen molar-refractivity contribution in [2.45, 2.75) is 31.9 Å². The van der Waals surface area contributed by atoms with Gasteiger partial charge < -0.3 is 5.32 Å². The Balaban J connectivity index is 2.11. The van der Waals surface area contributed by atoms with E-state index in [2.05, 4.69) is 15.0 Å². The number of piperidine rings is 1. The SMILES string of the molecule is Cc1nc(NS(=O)(=O)C2CCNCC2)sc1C. The number of hydrogen-bond acceptors (Lipinski definition) is 5. The Labute approximate surface area is 106 Å². The van der Waals surface area contributed by atoms with Crippen molar-refractivity contribution in [1.82, 2.24) is 10.3 Å². The Morgan fingerprint density at radius 2 is 2.00 bits per heavy atom. The highest BCUT2D eigenvalue weighted by atomic mass is 32.2. The zero-order valence-corrected chi connectivity index (χ0v) is 11.6. The maximum Gasteiger partial charge on any atom is 0.237 e. The molecule has 0 aromatic carbocycles. The molecule has 0 saturated carbocycles. The second kappa shape index (κ2) is 4.91. The van der Waals surface area contributed by atoms with E-state index >= 15 is 0 Å². The third-order valence-electron chi connectivity index (χ3n) is 2.98. The van der Waals surface area contributed by atoms with Gasteiger partial charge in [-0.3, -0.25) is 4.72 Å². The summed E-state index contributed by atoms with van der Waals surface area (Å²) in [5.74, 6) is 0. The number of nitrogens with one attached hydrogen (secondary N) is 2. The summed E-state index contributed by atoms with van der Waals surface area (Å²) < 4.78 is 26.8. The topological polar surface area (TPSA) is 71.1 Å². The second-order valence-corrected chi connectivity index (χ2v) is 7.42. The van der Waals surface area contributed by atoms with Crippen LogP contribution in [0.4, 0.5) is 5.13 Å². The average molecular weight is 275 g/mol. The number of aryl methyl sites for hydroxylation is 2. The van der Waals surface area contributed by atoms with Crippen molar-refractivity contribution in [3.8, 4) is 0 Å². The molecule has 0 atom stereocenters. The molecule has 0 unspecified atom stereocenters. The van der Waals surface area contributed by atoms with E-state index in [4.69, 9.17) is 0 Å². The minimum atomic E-state index is -3.28. The van der Waals surface area contributed by atoms with Crippen molar-refractivity contribution >= 4 is 26.5 Å². The van der Waals surface area contributed by atoms with Gasteiger partial charge in [-0.05, 0) is 39.8 Å². The second-order valence-electron chi connectivity index (χ2n) is 4.26. The molecule has 5 nitrogen and oxygen atoms in total. The molecule has 1 aromatic rings.